The van der Waals surface area contributed by atoms with Gasteiger partial charge in [0.15, 0.2) is 0 Å². The first-order valence-corrected chi connectivity index (χ1v) is 4.57. The Balaban J connectivity index is 3.11. The van der Waals surface area contributed by atoms with E-state index in [-0.39, 0.29) is 0 Å². The molecule has 0 radical (unpaired) electrons. The Kier molecular flexibility index (Phi) is 3.25. The summed E-state index contributed by atoms with van der Waals surface area (Å²) in [6, 6.07) is 9.34. The monoisotopic (exact) mass is 240 g/mol. The van der Waals surface area contributed by atoms with Gasteiger partial charge < -0.3 is 5.11 Å². The van der Waals surface area contributed by atoms with Gasteiger partial charge in [0, 0.05) is 10.1 Å². The van der Waals surface area contributed by atoms with Crippen molar-refractivity contribution in [2.45, 2.75) is 6.92 Å². The number of carboxylic acids is 1. The van der Waals surface area contributed by atoms with Crippen LogP contribution in [0.2, 0.25) is 0 Å². The predicted octanol–water partition coefficient (Wildman–Crippen LogP) is 2.90. The summed E-state index contributed by atoms with van der Waals surface area (Å²) in [5.74, 6) is -0.907. The Bertz CT molecular complexity index is 341. The van der Waals surface area contributed by atoms with Gasteiger partial charge in [-0.25, -0.2) is 4.79 Å². The van der Waals surface area contributed by atoms with Crippen molar-refractivity contribution in [1.29, 1.82) is 0 Å². The maximum absolute atomic E-state index is 10.6. The standard InChI is InChI=1S/C10H9BrO2/c1-7(10(12)13)9(11)8-5-3-2-4-6-8/h2-6H,1H3,(H,12,13)/b9-7-. The van der Waals surface area contributed by atoms with Crippen molar-refractivity contribution in [3.63, 3.8) is 0 Å². The molecule has 0 atom stereocenters. The summed E-state index contributed by atoms with van der Waals surface area (Å²) in [6.45, 7) is 1.57. The molecule has 0 fully saturated rings. The summed E-state index contributed by atoms with van der Waals surface area (Å²) in [5, 5.41) is 8.73. The van der Waals surface area contributed by atoms with Crippen LogP contribution in [0.15, 0.2) is 35.9 Å². The largest absolute Gasteiger partial charge is 0.478 e. The molecule has 0 aromatic heterocycles. The molecule has 3 heteroatoms. The second-order valence-electron chi connectivity index (χ2n) is 2.61. The molecular weight excluding hydrogens is 232 g/mol. The van der Waals surface area contributed by atoms with Crippen LogP contribution in [0.1, 0.15) is 12.5 Å². The van der Waals surface area contributed by atoms with Gasteiger partial charge in [-0.15, -0.1) is 0 Å². The maximum atomic E-state index is 10.6. The fourth-order valence-electron chi connectivity index (χ4n) is 0.895. The van der Waals surface area contributed by atoms with Crippen LogP contribution in [0.4, 0.5) is 0 Å². The molecular formula is C10H9BrO2. The Hall–Kier alpha value is -1.09. The molecule has 1 aromatic carbocycles. The van der Waals surface area contributed by atoms with Crippen molar-refractivity contribution in [3.8, 4) is 0 Å². The second-order valence-corrected chi connectivity index (χ2v) is 3.40. The first kappa shape index (κ1) is 9.99. The van der Waals surface area contributed by atoms with E-state index in [1.54, 1.807) is 6.92 Å². The van der Waals surface area contributed by atoms with Crippen LogP contribution in [0.3, 0.4) is 0 Å². The second kappa shape index (κ2) is 4.23. The molecule has 0 unspecified atom stereocenters. The Morgan fingerprint density at radius 3 is 2.31 bits per heavy atom. The molecule has 0 saturated heterocycles. The maximum Gasteiger partial charge on any atom is 0.332 e. The number of hydrogen-bond acceptors (Lipinski definition) is 1. The first-order chi connectivity index (χ1) is 6.13. The van der Waals surface area contributed by atoms with E-state index < -0.39 is 5.97 Å². The fourth-order valence-corrected chi connectivity index (χ4v) is 1.33. The van der Waals surface area contributed by atoms with Crippen LogP contribution in [0.25, 0.3) is 4.48 Å². The lowest BCUT2D eigenvalue weighted by molar-refractivity contribution is -0.132. The SMILES string of the molecule is C/C(C(=O)O)=C(/Br)c1ccccc1. The highest BCUT2D eigenvalue weighted by atomic mass is 79.9. The molecule has 0 aliphatic rings. The number of carbonyl (C=O) groups is 1. The van der Waals surface area contributed by atoms with E-state index in [2.05, 4.69) is 15.9 Å². The average molecular weight is 241 g/mol. The van der Waals surface area contributed by atoms with Crippen LogP contribution >= 0.6 is 15.9 Å². The first-order valence-electron chi connectivity index (χ1n) is 3.78. The molecule has 0 bridgehead atoms. The summed E-state index contributed by atoms with van der Waals surface area (Å²) < 4.78 is 0.626. The zero-order valence-corrected chi connectivity index (χ0v) is 8.71. The summed E-state index contributed by atoms with van der Waals surface area (Å²) in [7, 11) is 0. The van der Waals surface area contributed by atoms with Crippen LogP contribution in [0, 0.1) is 0 Å². The van der Waals surface area contributed by atoms with Gasteiger partial charge in [0.05, 0.1) is 0 Å². The number of halogens is 1. The third-order valence-corrected chi connectivity index (χ3v) is 2.73. The normalized spacial score (nSPS) is 12.2. The van der Waals surface area contributed by atoms with Gasteiger partial charge in [-0.2, -0.15) is 0 Å². The molecule has 1 rings (SSSR count). The van der Waals surface area contributed by atoms with Gasteiger partial charge in [0.1, 0.15) is 0 Å². The Morgan fingerprint density at radius 2 is 1.85 bits per heavy atom. The molecule has 68 valence electrons. The lowest BCUT2D eigenvalue weighted by atomic mass is 10.1. The summed E-state index contributed by atoms with van der Waals surface area (Å²) in [4.78, 5) is 10.6. The highest BCUT2D eigenvalue weighted by molar-refractivity contribution is 9.15. The highest BCUT2D eigenvalue weighted by Gasteiger charge is 2.07. The molecule has 0 amide bonds. The van der Waals surface area contributed by atoms with Crippen molar-refractivity contribution in [2.24, 2.45) is 0 Å². The molecule has 1 aromatic rings. The molecule has 2 nitrogen and oxygen atoms in total. The van der Waals surface area contributed by atoms with E-state index in [4.69, 9.17) is 5.11 Å². The van der Waals surface area contributed by atoms with E-state index in [0.29, 0.717) is 10.1 Å². The van der Waals surface area contributed by atoms with Crippen molar-refractivity contribution in [2.75, 3.05) is 0 Å². The van der Waals surface area contributed by atoms with E-state index in [0.717, 1.165) is 5.56 Å². The Morgan fingerprint density at radius 1 is 1.31 bits per heavy atom. The van der Waals surface area contributed by atoms with Crippen LogP contribution in [-0.4, -0.2) is 11.1 Å². The topological polar surface area (TPSA) is 37.3 Å². The summed E-state index contributed by atoms with van der Waals surface area (Å²) >= 11 is 3.25. The van der Waals surface area contributed by atoms with Crippen LogP contribution in [0.5, 0.6) is 0 Å². The smallest absolute Gasteiger partial charge is 0.332 e. The number of benzene rings is 1. The van der Waals surface area contributed by atoms with E-state index in [9.17, 15) is 4.79 Å². The Labute approximate surface area is 85.0 Å². The molecule has 0 aliphatic carbocycles. The number of aliphatic carboxylic acids is 1. The molecule has 13 heavy (non-hydrogen) atoms. The van der Waals surface area contributed by atoms with Crippen molar-refractivity contribution >= 4 is 26.4 Å². The van der Waals surface area contributed by atoms with Gasteiger partial charge in [0.25, 0.3) is 0 Å². The average Bonchev–Trinajstić information content (AvgIpc) is 2.17. The van der Waals surface area contributed by atoms with Gasteiger partial charge >= 0.3 is 5.97 Å². The molecule has 0 spiro atoms. The minimum Gasteiger partial charge on any atom is -0.478 e. The van der Waals surface area contributed by atoms with Crippen molar-refractivity contribution in [3.05, 3.63) is 41.5 Å². The minimum absolute atomic E-state index is 0.311. The predicted molar refractivity (Wildman–Crippen MR) is 55.6 cm³/mol. The molecule has 1 N–H and O–H groups in total. The van der Waals surface area contributed by atoms with Gasteiger partial charge in [-0.3, -0.25) is 0 Å². The van der Waals surface area contributed by atoms with Crippen LogP contribution in [-0.2, 0) is 4.79 Å². The zero-order chi connectivity index (χ0) is 9.84. The van der Waals surface area contributed by atoms with Gasteiger partial charge in [-0.05, 0) is 28.4 Å². The molecule has 0 aliphatic heterocycles. The van der Waals surface area contributed by atoms with Crippen molar-refractivity contribution in [1.82, 2.24) is 0 Å². The van der Waals surface area contributed by atoms with E-state index >= 15 is 0 Å². The zero-order valence-electron chi connectivity index (χ0n) is 7.12. The summed E-state index contributed by atoms with van der Waals surface area (Å²) in [6.07, 6.45) is 0. The van der Waals surface area contributed by atoms with Gasteiger partial charge in [-0.1, -0.05) is 30.3 Å². The highest BCUT2D eigenvalue weighted by Crippen LogP contribution is 2.24. The number of rotatable bonds is 2. The van der Waals surface area contributed by atoms with Gasteiger partial charge in [0.2, 0.25) is 0 Å². The van der Waals surface area contributed by atoms with E-state index in [1.807, 2.05) is 30.3 Å². The van der Waals surface area contributed by atoms with Crippen LogP contribution < -0.4 is 0 Å². The third kappa shape index (κ3) is 2.42. The number of hydrogen-bond donors (Lipinski definition) is 1. The lowest BCUT2D eigenvalue weighted by Crippen LogP contribution is -1.97. The quantitative estimate of drug-likeness (QED) is 0.808. The molecule has 0 saturated carbocycles. The van der Waals surface area contributed by atoms with E-state index in [1.165, 1.54) is 0 Å². The minimum atomic E-state index is -0.907. The molecule has 0 heterocycles. The summed E-state index contributed by atoms with van der Waals surface area (Å²) in [5.41, 5.74) is 1.19. The fraction of sp³-hybridized carbons (Fsp3) is 0.100. The third-order valence-electron chi connectivity index (χ3n) is 1.68. The lowest BCUT2D eigenvalue weighted by Gasteiger charge is -2.01. The van der Waals surface area contributed by atoms with Crippen molar-refractivity contribution < 1.29 is 9.90 Å². The number of carboxylic acid groups (broad SMARTS) is 1.